The number of anilines is 4. The molecule has 6 rings (SSSR count). The van der Waals surface area contributed by atoms with Crippen LogP contribution in [0.25, 0.3) is 17.0 Å². The maximum absolute atomic E-state index is 14.3. The lowest BCUT2D eigenvalue weighted by molar-refractivity contribution is 0.0378. The highest BCUT2D eigenvalue weighted by Crippen LogP contribution is 2.32. The van der Waals surface area contributed by atoms with Crippen molar-refractivity contribution in [1.29, 1.82) is 0 Å². The van der Waals surface area contributed by atoms with E-state index in [1.807, 2.05) is 17.0 Å². The second kappa shape index (κ2) is 13.4. The van der Waals surface area contributed by atoms with E-state index < -0.39 is 12.2 Å². The summed E-state index contributed by atoms with van der Waals surface area (Å²) >= 11 is 0. The van der Waals surface area contributed by atoms with Crippen LogP contribution in [-0.2, 0) is 9.47 Å². The van der Waals surface area contributed by atoms with Gasteiger partial charge < -0.3 is 29.7 Å². The molecule has 0 spiro atoms. The van der Waals surface area contributed by atoms with E-state index in [1.165, 1.54) is 11.7 Å². The number of halogens is 2. The Kier molecular flexibility index (Phi) is 9.00. The number of nitrogens with zero attached hydrogens (tertiary/aromatic N) is 8. The number of ether oxygens (including phenoxy) is 3. The lowest BCUT2D eigenvalue weighted by Crippen LogP contribution is -2.37. The van der Waals surface area contributed by atoms with Gasteiger partial charge in [-0.15, -0.1) is 0 Å². The van der Waals surface area contributed by atoms with Crippen LogP contribution in [0, 0.1) is 0 Å². The number of methoxy groups -OCH3 is 1. The molecule has 13 nitrogen and oxygen atoms in total. The normalized spacial score (nSPS) is 16.1. The van der Waals surface area contributed by atoms with E-state index in [2.05, 4.69) is 40.5 Å². The molecule has 0 aliphatic carbocycles. The first-order valence-electron chi connectivity index (χ1n) is 14.3. The highest BCUT2D eigenvalue weighted by molar-refractivity contribution is 5.84. The summed E-state index contributed by atoms with van der Waals surface area (Å²) in [5.41, 5.74) is 1.32. The molecule has 5 heterocycles. The summed E-state index contributed by atoms with van der Waals surface area (Å²) in [6.07, 6.45) is -0.213. The third kappa shape index (κ3) is 6.73. The van der Waals surface area contributed by atoms with Crippen LogP contribution in [0.4, 0.5) is 32.2 Å². The van der Waals surface area contributed by atoms with Gasteiger partial charge in [0.1, 0.15) is 17.1 Å². The van der Waals surface area contributed by atoms with Gasteiger partial charge in [0.15, 0.2) is 5.82 Å². The van der Waals surface area contributed by atoms with Gasteiger partial charge in [-0.25, -0.2) is 18.7 Å². The molecule has 228 valence electrons. The van der Waals surface area contributed by atoms with E-state index in [0.29, 0.717) is 54.7 Å². The van der Waals surface area contributed by atoms with Gasteiger partial charge in [-0.05, 0) is 37.2 Å². The first-order chi connectivity index (χ1) is 21.1. The quantitative estimate of drug-likeness (QED) is 0.247. The fourth-order valence-electron chi connectivity index (χ4n) is 5.07. The minimum Gasteiger partial charge on any atom is -0.494 e. The average molecular weight is 597 g/mol. The molecule has 3 aromatic heterocycles. The Morgan fingerprint density at radius 2 is 1.70 bits per heavy atom. The average Bonchev–Trinajstić information content (AvgIpc) is 3.45. The number of pyridine rings is 1. The van der Waals surface area contributed by atoms with Gasteiger partial charge in [0.25, 0.3) is 6.43 Å². The number of rotatable bonds is 11. The highest BCUT2D eigenvalue weighted by atomic mass is 19.3. The monoisotopic (exact) mass is 596 g/mol. The molecule has 0 atom stereocenters. The van der Waals surface area contributed by atoms with Crippen molar-refractivity contribution in [3.05, 3.63) is 42.4 Å². The fraction of sp³-hybridized carbons (Fsp3) is 0.464. The van der Waals surface area contributed by atoms with Crippen LogP contribution in [0.1, 0.15) is 18.7 Å². The third-order valence-corrected chi connectivity index (χ3v) is 7.28. The van der Waals surface area contributed by atoms with Crippen molar-refractivity contribution in [1.82, 2.24) is 34.4 Å². The van der Waals surface area contributed by atoms with Gasteiger partial charge in [0, 0.05) is 32.7 Å². The summed E-state index contributed by atoms with van der Waals surface area (Å²) in [6, 6.07) is 8.79. The molecule has 0 saturated carbocycles. The molecular formula is C28H34F2N10O3. The summed E-state index contributed by atoms with van der Waals surface area (Å²) in [6.45, 7) is 7.45. The first-order valence-corrected chi connectivity index (χ1v) is 14.3. The van der Waals surface area contributed by atoms with E-state index in [9.17, 15) is 8.78 Å². The number of para-hydroxylation sites is 1. The molecule has 0 amide bonds. The molecule has 2 saturated heterocycles. The Balaban J connectivity index is 1.25. The molecule has 0 unspecified atom stereocenters. The number of benzene rings is 1. The summed E-state index contributed by atoms with van der Waals surface area (Å²) in [5.74, 6) is 1.17. The first kappa shape index (κ1) is 28.9. The van der Waals surface area contributed by atoms with Crippen LogP contribution < -0.4 is 20.3 Å². The number of nitrogens with one attached hydrogen (secondary N) is 2. The van der Waals surface area contributed by atoms with Gasteiger partial charge in [0.05, 0.1) is 50.9 Å². The Bertz CT molecular complexity index is 1510. The minimum absolute atomic E-state index is 0.0107. The molecule has 2 aliphatic rings. The van der Waals surface area contributed by atoms with Crippen LogP contribution in [-0.4, -0.2) is 107 Å². The van der Waals surface area contributed by atoms with E-state index in [4.69, 9.17) is 14.2 Å². The van der Waals surface area contributed by atoms with E-state index in [1.54, 1.807) is 24.4 Å². The Morgan fingerprint density at radius 1 is 0.930 bits per heavy atom. The van der Waals surface area contributed by atoms with Crippen molar-refractivity contribution in [3.8, 4) is 11.7 Å². The topological polar surface area (TPSA) is 128 Å². The number of hydrogen-bond acceptors (Lipinski definition) is 12. The maximum atomic E-state index is 14.3. The molecule has 2 aliphatic heterocycles. The predicted molar refractivity (Wildman–Crippen MR) is 157 cm³/mol. The van der Waals surface area contributed by atoms with E-state index >= 15 is 0 Å². The van der Waals surface area contributed by atoms with E-state index in [-0.39, 0.29) is 11.9 Å². The molecule has 1 aromatic carbocycles. The van der Waals surface area contributed by atoms with Crippen LogP contribution in [0.15, 0.2) is 36.5 Å². The second-order valence-electron chi connectivity index (χ2n) is 10.1. The van der Waals surface area contributed by atoms with Crippen LogP contribution in [0.5, 0.6) is 5.75 Å². The zero-order valence-electron chi connectivity index (χ0n) is 23.9. The maximum Gasteiger partial charge on any atom is 0.296 e. The SMILES string of the molecule is COc1cccc2c1nc(C(F)F)n2-c1nc(Nc2ccc(NCCCN3CCOCC3)nc2)nc(N2CCOCC2)n1. The van der Waals surface area contributed by atoms with Crippen molar-refractivity contribution in [2.45, 2.75) is 12.8 Å². The van der Waals surface area contributed by atoms with Crippen LogP contribution in [0.3, 0.4) is 0 Å². The van der Waals surface area contributed by atoms with Crippen LogP contribution >= 0.6 is 0 Å². The second-order valence-corrected chi connectivity index (χ2v) is 10.1. The molecule has 0 bridgehead atoms. The number of imidazole rings is 1. The lowest BCUT2D eigenvalue weighted by atomic mass is 10.3. The molecule has 15 heteroatoms. The predicted octanol–water partition coefficient (Wildman–Crippen LogP) is 3.27. The van der Waals surface area contributed by atoms with Crippen molar-refractivity contribution in [2.24, 2.45) is 0 Å². The van der Waals surface area contributed by atoms with Crippen molar-refractivity contribution in [2.75, 3.05) is 88.3 Å². The zero-order valence-corrected chi connectivity index (χ0v) is 23.9. The third-order valence-electron chi connectivity index (χ3n) is 7.28. The molecule has 2 fully saturated rings. The largest absolute Gasteiger partial charge is 0.494 e. The fourth-order valence-corrected chi connectivity index (χ4v) is 5.07. The van der Waals surface area contributed by atoms with Crippen molar-refractivity contribution in [3.63, 3.8) is 0 Å². The highest BCUT2D eigenvalue weighted by Gasteiger charge is 2.26. The molecule has 2 N–H and O–H groups in total. The van der Waals surface area contributed by atoms with Gasteiger partial charge in [-0.2, -0.15) is 15.0 Å². The van der Waals surface area contributed by atoms with E-state index in [0.717, 1.165) is 51.6 Å². The smallest absolute Gasteiger partial charge is 0.296 e. The summed E-state index contributed by atoms with van der Waals surface area (Å²) in [4.78, 5) is 26.8. The molecule has 4 aromatic rings. The van der Waals surface area contributed by atoms with Crippen LogP contribution in [0.2, 0.25) is 0 Å². The van der Waals surface area contributed by atoms with Crippen molar-refractivity contribution < 1.29 is 23.0 Å². The minimum atomic E-state index is -2.88. The van der Waals surface area contributed by atoms with Gasteiger partial charge in [-0.1, -0.05) is 6.07 Å². The number of aromatic nitrogens is 6. The number of fused-ring (bicyclic) bond motifs is 1. The number of morpholine rings is 2. The number of alkyl halides is 2. The molecular weight excluding hydrogens is 562 g/mol. The van der Waals surface area contributed by atoms with Gasteiger partial charge in [-0.3, -0.25) is 9.47 Å². The summed E-state index contributed by atoms with van der Waals surface area (Å²) in [7, 11) is 1.47. The molecule has 0 radical (unpaired) electrons. The Hall–Kier alpha value is -4.21. The zero-order chi connectivity index (χ0) is 29.6. The summed E-state index contributed by atoms with van der Waals surface area (Å²) < 4.78 is 46.1. The van der Waals surface area contributed by atoms with Gasteiger partial charge >= 0.3 is 0 Å². The summed E-state index contributed by atoms with van der Waals surface area (Å²) in [5, 5.41) is 6.52. The van der Waals surface area contributed by atoms with Gasteiger partial charge in [0.2, 0.25) is 17.8 Å². The number of hydrogen-bond donors (Lipinski definition) is 2. The lowest BCUT2D eigenvalue weighted by Gasteiger charge is -2.27. The Morgan fingerprint density at radius 3 is 2.42 bits per heavy atom. The van der Waals surface area contributed by atoms with Crippen molar-refractivity contribution >= 4 is 34.4 Å². The molecule has 43 heavy (non-hydrogen) atoms. The standard InChI is InChI=1S/C28H34F2N10O3/c1-41-21-5-2-4-20-23(21)34-25(24(29)30)40(20)28-36-26(35-27(37-28)39-12-16-43-17-13-39)33-19-6-7-22(32-18-19)31-8-3-9-38-10-14-42-15-11-38/h2,4-7,18,24H,3,8-17H2,1H3,(H,31,32)(H,33,35,36,37). The Labute approximate surface area is 247 Å².